The predicted molar refractivity (Wildman–Crippen MR) is 117 cm³/mol. The van der Waals surface area contributed by atoms with Gasteiger partial charge in [-0.1, -0.05) is 30.3 Å². The minimum atomic E-state index is -0.502. The molecule has 0 heterocycles. The Hall–Kier alpha value is -3.02. The molecule has 6 nitrogen and oxygen atoms in total. The van der Waals surface area contributed by atoms with Crippen LogP contribution < -0.4 is 15.5 Å². The van der Waals surface area contributed by atoms with Crippen LogP contribution in [-0.4, -0.2) is 37.7 Å². The number of carbonyl (C=O) groups is 2. The zero-order valence-corrected chi connectivity index (χ0v) is 17.7. The Morgan fingerprint density at radius 3 is 2.14 bits per heavy atom. The standard InChI is InChI=1S/C23H31N3O3/c1-23(2,3)29-22(28)25-17-11-10-16-24-21(27)19-14-8-9-15-20(19)26(4)18-12-6-5-7-13-18/h5-9,12-15H,10-11,16-17H2,1-4H3,(H,24,27)(H,25,28). The van der Waals surface area contributed by atoms with Crippen LogP contribution in [0.4, 0.5) is 16.2 Å². The van der Waals surface area contributed by atoms with E-state index in [1.54, 1.807) is 0 Å². The highest BCUT2D eigenvalue weighted by atomic mass is 16.6. The molecule has 2 aromatic rings. The lowest BCUT2D eigenvalue weighted by atomic mass is 10.1. The van der Waals surface area contributed by atoms with E-state index in [1.165, 1.54) is 0 Å². The largest absolute Gasteiger partial charge is 0.444 e. The quantitative estimate of drug-likeness (QED) is 0.644. The van der Waals surface area contributed by atoms with Crippen LogP contribution >= 0.6 is 0 Å². The third-order valence-electron chi connectivity index (χ3n) is 4.21. The Bertz CT molecular complexity index is 801. The van der Waals surface area contributed by atoms with Crippen molar-refractivity contribution in [1.29, 1.82) is 0 Å². The van der Waals surface area contributed by atoms with E-state index in [0.717, 1.165) is 24.2 Å². The van der Waals surface area contributed by atoms with Crippen LogP contribution in [0.3, 0.4) is 0 Å². The normalized spacial score (nSPS) is 10.9. The Balaban J connectivity index is 1.81. The molecular weight excluding hydrogens is 366 g/mol. The summed E-state index contributed by atoms with van der Waals surface area (Å²) in [7, 11) is 1.95. The van der Waals surface area contributed by atoms with Gasteiger partial charge in [0.1, 0.15) is 5.60 Å². The zero-order chi connectivity index (χ0) is 21.3. The first-order valence-electron chi connectivity index (χ1n) is 9.91. The van der Waals surface area contributed by atoms with Crippen LogP contribution in [0.1, 0.15) is 44.0 Å². The molecule has 0 aliphatic rings. The lowest BCUT2D eigenvalue weighted by molar-refractivity contribution is 0.0526. The molecule has 0 atom stereocenters. The average molecular weight is 398 g/mol. The van der Waals surface area contributed by atoms with Gasteiger partial charge in [-0.3, -0.25) is 4.79 Å². The molecule has 2 amide bonds. The number of unbranched alkanes of at least 4 members (excludes halogenated alkanes) is 1. The van der Waals surface area contributed by atoms with E-state index in [2.05, 4.69) is 10.6 Å². The van der Waals surface area contributed by atoms with Gasteiger partial charge >= 0.3 is 6.09 Å². The minimum absolute atomic E-state index is 0.108. The van der Waals surface area contributed by atoms with Crippen LogP contribution in [0, 0.1) is 0 Å². The maximum absolute atomic E-state index is 12.7. The highest BCUT2D eigenvalue weighted by Crippen LogP contribution is 2.26. The van der Waals surface area contributed by atoms with E-state index < -0.39 is 11.7 Å². The van der Waals surface area contributed by atoms with Gasteiger partial charge in [-0.15, -0.1) is 0 Å². The Morgan fingerprint density at radius 1 is 0.897 bits per heavy atom. The number of hydrogen-bond acceptors (Lipinski definition) is 4. The van der Waals surface area contributed by atoms with Crippen molar-refractivity contribution >= 4 is 23.4 Å². The van der Waals surface area contributed by atoms with Crippen LogP contribution in [0.15, 0.2) is 54.6 Å². The van der Waals surface area contributed by atoms with Gasteiger partial charge in [0.05, 0.1) is 11.3 Å². The molecule has 2 aromatic carbocycles. The van der Waals surface area contributed by atoms with Crippen molar-refractivity contribution in [3.8, 4) is 0 Å². The second-order valence-corrected chi connectivity index (χ2v) is 7.80. The second kappa shape index (κ2) is 10.5. The van der Waals surface area contributed by atoms with Crippen molar-refractivity contribution in [3.63, 3.8) is 0 Å². The van der Waals surface area contributed by atoms with Gasteiger partial charge in [0.25, 0.3) is 5.91 Å². The van der Waals surface area contributed by atoms with Crippen LogP contribution in [0.2, 0.25) is 0 Å². The highest BCUT2D eigenvalue weighted by Gasteiger charge is 2.16. The number of anilines is 2. The van der Waals surface area contributed by atoms with E-state index in [0.29, 0.717) is 18.7 Å². The lowest BCUT2D eigenvalue weighted by Crippen LogP contribution is -2.33. The number of hydrogen-bond donors (Lipinski definition) is 2. The van der Waals surface area contributed by atoms with Gasteiger partial charge in [0.2, 0.25) is 0 Å². The smallest absolute Gasteiger partial charge is 0.407 e. The number of amides is 2. The summed E-state index contributed by atoms with van der Waals surface area (Å²) in [5.41, 5.74) is 1.99. The molecular formula is C23H31N3O3. The first-order chi connectivity index (χ1) is 13.8. The first kappa shape index (κ1) is 22.3. The van der Waals surface area contributed by atoms with Gasteiger partial charge in [-0.25, -0.2) is 4.79 Å². The zero-order valence-electron chi connectivity index (χ0n) is 17.7. The lowest BCUT2D eigenvalue weighted by Gasteiger charge is -2.22. The number of carbonyl (C=O) groups excluding carboxylic acids is 2. The van der Waals surface area contributed by atoms with Gasteiger partial charge in [0.15, 0.2) is 0 Å². The van der Waals surface area contributed by atoms with E-state index in [4.69, 9.17) is 4.74 Å². The third-order valence-corrected chi connectivity index (χ3v) is 4.21. The van der Waals surface area contributed by atoms with Gasteiger partial charge in [0, 0.05) is 25.8 Å². The fourth-order valence-corrected chi connectivity index (χ4v) is 2.80. The van der Waals surface area contributed by atoms with Crippen LogP contribution in [-0.2, 0) is 4.74 Å². The van der Waals surface area contributed by atoms with Crippen molar-refractivity contribution < 1.29 is 14.3 Å². The maximum Gasteiger partial charge on any atom is 0.407 e. The molecule has 0 radical (unpaired) electrons. The second-order valence-electron chi connectivity index (χ2n) is 7.80. The Labute approximate surface area is 173 Å². The summed E-state index contributed by atoms with van der Waals surface area (Å²) in [6.07, 6.45) is 1.10. The number of para-hydroxylation sites is 2. The monoisotopic (exact) mass is 397 g/mol. The number of nitrogens with zero attached hydrogens (tertiary/aromatic N) is 1. The number of ether oxygens (including phenoxy) is 1. The topological polar surface area (TPSA) is 70.7 Å². The molecule has 6 heteroatoms. The molecule has 156 valence electrons. The fourth-order valence-electron chi connectivity index (χ4n) is 2.80. The maximum atomic E-state index is 12.7. The van der Waals surface area contributed by atoms with Crippen molar-refractivity contribution in [2.24, 2.45) is 0 Å². The average Bonchev–Trinajstić information content (AvgIpc) is 2.69. The van der Waals surface area contributed by atoms with E-state index in [-0.39, 0.29) is 5.91 Å². The predicted octanol–water partition coefficient (Wildman–Crippen LogP) is 4.49. The summed E-state index contributed by atoms with van der Waals surface area (Å²) in [5.74, 6) is -0.108. The van der Waals surface area contributed by atoms with Crippen LogP contribution in [0.25, 0.3) is 0 Å². The molecule has 0 saturated heterocycles. The molecule has 29 heavy (non-hydrogen) atoms. The summed E-state index contributed by atoms with van der Waals surface area (Å²) in [6, 6.07) is 17.5. The van der Waals surface area contributed by atoms with Gasteiger partial charge < -0.3 is 20.3 Å². The molecule has 0 aliphatic carbocycles. The third kappa shape index (κ3) is 7.49. The molecule has 2 rings (SSSR count). The fraction of sp³-hybridized carbons (Fsp3) is 0.391. The number of rotatable bonds is 8. The SMILES string of the molecule is CN(c1ccccc1)c1ccccc1C(=O)NCCCCNC(=O)OC(C)(C)C. The van der Waals surface area contributed by atoms with Crippen molar-refractivity contribution in [1.82, 2.24) is 10.6 Å². The van der Waals surface area contributed by atoms with Gasteiger partial charge in [-0.2, -0.15) is 0 Å². The molecule has 0 unspecified atom stereocenters. The Kier molecular flexibility index (Phi) is 8.07. The summed E-state index contributed by atoms with van der Waals surface area (Å²) >= 11 is 0. The molecule has 2 N–H and O–H groups in total. The van der Waals surface area contributed by atoms with E-state index in [1.807, 2.05) is 87.3 Å². The molecule has 0 fully saturated rings. The minimum Gasteiger partial charge on any atom is -0.444 e. The number of benzene rings is 2. The van der Waals surface area contributed by atoms with Crippen LogP contribution in [0.5, 0.6) is 0 Å². The highest BCUT2D eigenvalue weighted by molar-refractivity contribution is 6.00. The molecule has 0 saturated carbocycles. The van der Waals surface area contributed by atoms with Gasteiger partial charge in [-0.05, 0) is 57.9 Å². The number of alkyl carbamates (subject to hydrolysis) is 1. The first-order valence-corrected chi connectivity index (χ1v) is 9.91. The summed E-state index contributed by atoms with van der Waals surface area (Å²) in [6.45, 7) is 6.54. The summed E-state index contributed by atoms with van der Waals surface area (Å²) in [5, 5.41) is 5.68. The molecule has 0 aromatic heterocycles. The molecule has 0 spiro atoms. The van der Waals surface area contributed by atoms with Crippen molar-refractivity contribution in [2.45, 2.75) is 39.2 Å². The van der Waals surface area contributed by atoms with E-state index >= 15 is 0 Å². The summed E-state index contributed by atoms with van der Waals surface area (Å²) in [4.78, 5) is 26.3. The van der Waals surface area contributed by atoms with E-state index in [9.17, 15) is 9.59 Å². The summed E-state index contributed by atoms with van der Waals surface area (Å²) < 4.78 is 5.19. The van der Waals surface area contributed by atoms with Crippen molar-refractivity contribution in [3.05, 3.63) is 60.2 Å². The molecule has 0 aliphatic heterocycles. The number of nitrogens with one attached hydrogen (secondary N) is 2. The van der Waals surface area contributed by atoms with Crippen molar-refractivity contribution in [2.75, 3.05) is 25.0 Å². The Morgan fingerprint density at radius 2 is 1.48 bits per heavy atom. The molecule has 0 bridgehead atoms.